The van der Waals surface area contributed by atoms with Gasteiger partial charge in [-0.1, -0.05) is 0 Å². The van der Waals surface area contributed by atoms with Crippen molar-refractivity contribution in [2.75, 3.05) is 0 Å². The lowest BCUT2D eigenvalue weighted by molar-refractivity contribution is -0.120. The number of aromatic nitrogens is 4. The second-order valence-electron chi connectivity index (χ2n) is 2.17. The minimum atomic E-state index is -0.192. The summed E-state index contributed by atoms with van der Waals surface area (Å²) in [5, 5.41) is 13.1. The van der Waals surface area contributed by atoms with Gasteiger partial charge in [-0.2, -0.15) is 0 Å². The lowest BCUT2D eigenvalue weighted by atomic mass is 10.5. The van der Waals surface area contributed by atoms with E-state index in [1.807, 2.05) is 0 Å². The molecule has 0 aliphatic rings. The minimum Gasteiger partial charge on any atom is -0.335 e. The fraction of sp³-hybridized carbons (Fsp3) is 0.600. The maximum absolute atomic E-state index is 10.6. The van der Waals surface area contributed by atoms with Crippen LogP contribution < -0.4 is 5.32 Å². The normalized spacial score (nSPS) is 12.5. The van der Waals surface area contributed by atoms with Crippen LogP contribution in [0.25, 0.3) is 0 Å². The van der Waals surface area contributed by atoms with Crippen molar-refractivity contribution in [3.8, 4) is 0 Å². The summed E-state index contributed by atoms with van der Waals surface area (Å²) in [5.41, 5.74) is 0. The predicted molar refractivity (Wildman–Crippen MR) is 36.3 cm³/mol. The summed E-state index contributed by atoms with van der Waals surface area (Å²) in [6.07, 6.45) is 1.25. The van der Waals surface area contributed by atoms with Gasteiger partial charge < -0.3 is 5.32 Å². The third-order valence-electron chi connectivity index (χ3n) is 1.17. The van der Waals surface area contributed by atoms with Crippen molar-refractivity contribution in [3.05, 3.63) is 6.33 Å². The average molecular weight is 155 g/mol. The van der Waals surface area contributed by atoms with Crippen molar-refractivity contribution >= 4 is 5.91 Å². The van der Waals surface area contributed by atoms with E-state index in [-0.39, 0.29) is 12.1 Å². The molecule has 1 aromatic heterocycles. The van der Waals surface area contributed by atoms with Gasteiger partial charge in [0.1, 0.15) is 12.5 Å². The summed E-state index contributed by atoms with van der Waals surface area (Å²) in [7, 11) is 0. The first-order valence-electron chi connectivity index (χ1n) is 3.19. The number of hydrogen-bond acceptors (Lipinski definition) is 4. The van der Waals surface area contributed by atoms with E-state index < -0.39 is 0 Å². The molecule has 6 nitrogen and oxygen atoms in total. The maximum Gasteiger partial charge on any atom is 0.218 e. The zero-order chi connectivity index (χ0) is 8.27. The smallest absolute Gasteiger partial charge is 0.218 e. The first kappa shape index (κ1) is 7.64. The third-order valence-corrected chi connectivity index (χ3v) is 1.17. The Morgan fingerprint density at radius 3 is 2.91 bits per heavy atom. The van der Waals surface area contributed by atoms with Gasteiger partial charge in [0.25, 0.3) is 0 Å². The van der Waals surface area contributed by atoms with Crippen LogP contribution in [0, 0.1) is 0 Å². The summed E-state index contributed by atoms with van der Waals surface area (Å²) in [6.45, 7) is 3.23. The van der Waals surface area contributed by atoms with E-state index in [1.165, 1.54) is 17.9 Å². The molecule has 0 radical (unpaired) electrons. The second-order valence-corrected chi connectivity index (χ2v) is 2.17. The van der Waals surface area contributed by atoms with Gasteiger partial charge in [-0.3, -0.25) is 4.79 Å². The van der Waals surface area contributed by atoms with E-state index in [1.54, 1.807) is 6.92 Å². The SMILES string of the molecule is CC(=O)NC(C)n1cnnn1. The first-order valence-corrected chi connectivity index (χ1v) is 3.19. The molecule has 0 fully saturated rings. The Morgan fingerprint density at radius 2 is 2.45 bits per heavy atom. The van der Waals surface area contributed by atoms with Crippen LogP contribution in [0.4, 0.5) is 0 Å². The monoisotopic (exact) mass is 155 g/mol. The van der Waals surface area contributed by atoms with Crippen LogP contribution in [0.3, 0.4) is 0 Å². The Labute approximate surface area is 63.6 Å². The molecule has 11 heavy (non-hydrogen) atoms. The van der Waals surface area contributed by atoms with Gasteiger partial charge in [0.2, 0.25) is 5.91 Å². The van der Waals surface area contributed by atoms with Gasteiger partial charge in [-0.25, -0.2) is 4.68 Å². The molecule has 0 aromatic carbocycles. The van der Waals surface area contributed by atoms with Crippen molar-refractivity contribution in [3.63, 3.8) is 0 Å². The highest BCUT2D eigenvalue weighted by atomic mass is 16.1. The topological polar surface area (TPSA) is 72.7 Å². The van der Waals surface area contributed by atoms with Gasteiger partial charge in [0.05, 0.1) is 0 Å². The molecule has 60 valence electrons. The highest BCUT2D eigenvalue weighted by Crippen LogP contribution is 1.93. The van der Waals surface area contributed by atoms with Gasteiger partial charge in [0.15, 0.2) is 0 Å². The first-order chi connectivity index (χ1) is 5.20. The number of carbonyl (C=O) groups is 1. The Morgan fingerprint density at radius 1 is 1.73 bits per heavy atom. The van der Waals surface area contributed by atoms with Crippen LogP contribution in [-0.4, -0.2) is 26.1 Å². The molecule has 1 N–H and O–H groups in total. The molecular formula is C5H9N5O. The fourth-order valence-electron chi connectivity index (χ4n) is 0.706. The van der Waals surface area contributed by atoms with E-state index in [0.29, 0.717) is 0 Å². The fourth-order valence-corrected chi connectivity index (χ4v) is 0.706. The predicted octanol–water partition coefficient (Wildman–Crippen LogP) is -0.672. The Kier molecular flexibility index (Phi) is 2.15. The second kappa shape index (κ2) is 3.09. The van der Waals surface area contributed by atoms with Crippen LogP contribution in [0.15, 0.2) is 6.33 Å². The standard InChI is InChI=1S/C5H9N5O/c1-4(7-5(2)11)10-3-6-8-9-10/h3-4H,1-2H3,(H,7,11). The molecule has 1 heterocycles. The molecular weight excluding hydrogens is 146 g/mol. The molecule has 1 atom stereocenters. The van der Waals surface area contributed by atoms with Gasteiger partial charge >= 0.3 is 0 Å². The zero-order valence-corrected chi connectivity index (χ0v) is 6.35. The minimum absolute atomic E-state index is 0.104. The van der Waals surface area contributed by atoms with E-state index in [0.717, 1.165) is 0 Å². The number of hydrogen-bond donors (Lipinski definition) is 1. The molecule has 1 unspecified atom stereocenters. The van der Waals surface area contributed by atoms with Crippen molar-refractivity contribution in [1.82, 2.24) is 25.5 Å². The third kappa shape index (κ3) is 1.99. The van der Waals surface area contributed by atoms with Crippen molar-refractivity contribution in [1.29, 1.82) is 0 Å². The Balaban J connectivity index is 2.56. The van der Waals surface area contributed by atoms with Gasteiger partial charge in [0, 0.05) is 6.92 Å². The number of amides is 1. The van der Waals surface area contributed by atoms with Crippen molar-refractivity contribution in [2.24, 2.45) is 0 Å². The molecule has 0 aliphatic carbocycles. The molecule has 0 saturated carbocycles. The lowest BCUT2D eigenvalue weighted by Gasteiger charge is -2.09. The molecule has 6 heteroatoms. The highest BCUT2D eigenvalue weighted by molar-refractivity contribution is 5.72. The van der Waals surface area contributed by atoms with E-state index in [9.17, 15) is 4.79 Å². The van der Waals surface area contributed by atoms with E-state index in [2.05, 4.69) is 20.8 Å². The number of nitrogens with zero attached hydrogens (tertiary/aromatic N) is 4. The van der Waals surface area contributed by atoms with Crippen LogP contribution in [0.2, 0.25) is 0 Å². The van der Waals surface area contributed by atoms with Crippen LogP contribution in [0.1, 0.15) is 20.0 Å². The maximum atomic E-state index is 10.6. The summed E-state index contributed by atoms with van der Waals surface area (Å²) >= 11 is 0. The van der Waals surface area contributed by atoms with E-state index in [4.69, 9.17) is 0 Å². The lowest BCUT2D eigenvalue weighted by Crippen LogP contribution is -2.28. The number of tetrazole rings is 1. The van der Waals surface area contributed by atoms with Crippen molar-refractivity contribution < 1.29 is 4.79 Å². The zero-order valence-electron chi connectivity index (χ0n) is 6.35. The Bertz CT molecular complexity index is 231. The number of carbonyl (C=O) groups excluding carboxylic acids is 1. The van der Waals surface area contributed by atoms with Crippen molar-refractivity contribution in [2.45, 2.75) is 20.0 Å². The summed E-state index contributed by atoms with van der Waals surface area (Å²) < 4.78 is 1.46. The molecule has 0 bridgehead atoms. The average Bonchev–Trinajstić information content (AvgIpc) is 2.35. The summed E-state index contributed by atoms with van der Waals surface area (Å²) in [6, 6.07) is 0. The Hall–Kier alpha value is -1.46. The summed E-state index contributed by atoms with van der Waals surface area (Å²) in [5.74, 6) is -0.104. The van der Waals surface area contributed by atoms with Gasteiger partial charge in [-0.05, 0) is 17.4 Å². The molecule has 0 spiro atoms. The number of nitrogens with one attached hydrogen (secondary N) is 1. The van der Waals surface area contributed by atoms with Crippen LogP contribution in [0.5, 0.6) is 0 Å². The molecule has 0 saturated heterocycles. The number of rotatable bonds is 2. The largest absolute Gasteiger partial charge is 0.335 e. The van der Waals surface area contributed by atoms with Gasteiger partial charge in [-0.15, -0.1) is 5.10 Å². The molecule has 0 aliphatic heterocycles. The molecule has 1 rings (SSSR count). The highest BCUT2D eigenvalue weighted by Gasteiger charge is 2.04. The molecule has 1 amide bonds. The summed E-state index contributed by atoms with van der Waals surface area (Å²) in [4.78, 5) is 10.6. The van der Waals surface area contributed by atoms with Crippen LogP contribution >= 0.6 is 0 Å². The quantitative estimate of drug-likeness (QED) is 0.614. The molecule has 1 aromatic rings. The van der Waals surface area contributed by atoms with Crippen LogP contribution in [-0.2, 0) is 4.79 Å². The van der Waals surface area contributed by atoms with E-state index >= 15 is 0 Å².